The number of fused-ring (bicyclic) bond motifs is 1. The fourth-order valence-corrected chi connectivity index (χ4v) is 2.58. The van der Waals surface area contributed by atoms with Crippen LogP contribution >= 0.6 is 0 Å². The maximum Gasteiger partial charge on any atom is 0.227 e. The summed E-state index contributed by atoms with van der Waals surface area (Å²) in [5, 5.41) is 0. The van der Waals surface area contributed by atoms with Crippen LogP contribution in [0.3, 0.4) is 0 Å². The zero-order valence-electron chi connectivity index (χ0n) is 12.2. The van der Waals surface area contributed by atoms with Crippen molar-refractivity contribution in [3.8, 4) is 0 Å². The third-order valence-corrected chi connectivity index (χ3v) is 3.49. The van der Waals surface area contributed by atoms with Crippen LogP contribution in [0.2, 0.25) is 0 Å². The molecule has 4 nitrogen and oxygen atoms in total. The molecule has 1 heterocycles. The van der Waals surface area contributed by atoms with Crippen molar-refractivity contribution in [3.63, 3.8) is 0 Å². The average Bonchev–Trinajstić information content (AvgIpc) is 2.31. The van der Waals surface area contributed by atoms with E-state index in [0.717, 1.165) is 24.3 Å². The van der Waals surface area contributed by atoms with Gasteiger partial charge in [0.05, 0.1) is 0 Å². The van der Waals surface area contributed by atoms with Crippen LogP contribution in [0.1, 0.15) is 25.8 Å². The normalized spacial score (nSPS) is 15.4. The van der Waals surface area contributed by atoms with Gasteiger partial charge >= 0.3 is 0 Å². The third-order valence-electron chi connectivity index (χ3n) is 3.49. The fraction of sp³-hybridized carbons (Fsp3) is 0.533. The molecular weight excluding hydrogens is 238 g/mol. The first-order valence-electron chi connectivity index (χ1n) is 6.67. The second-order valence-electron chi connectivity index (χ2n) is 6.11. The number of aryl methyl sites for hydroxylation is 1. The highest BCUT2D eigenvalue weighted by Crippen LogP contribution is 2.30. The van der Waals surface area contributed by atoms with Gasteiger partial charge in [-0.05, 0) is 44.0 Å². The summed E-state index contributed by atoms with van der Waals surface area (Å²) in [5.41, 5.74) is 9.25. The Bertz CT molecular complexity index is 491. The van der Waals surface area contributed by atoms with Gasteiger partial charge in [0.1, 0.15) is 0 Å². The monoisotopic (exact) mass is 261 g/mol. The van der Waals surface area contributed by atoms with E-state index in [1.54, 1.807) is 4.90 Å². The summed E-state index contributed by atoms with van der Waals surface area (Å²) in [4.78, 5) is 15.6. The molecule has 0 saturated heterocycles. The Morgan fingerprint density at radius 1 is 1.37 bits per heavy atom. The summed E-state index contributed by atoms with van der Waals surface area (Å²) < 4.78 is 0. The van der Waals surface area contributed by atoms with E-state index in [0.29, 0.717) is 6.42 Å². The lowest BCUT2D eigenvalue weighted by molar-refractivity contribution is -0.118. The maximum absolute atomic E-state index is 11.7. The van der Waals surface area contributed by atoms with Gasteiger partial charge in [0.2, 0.25) is 5.91 Å². The lowest BCUT2D eigenvalue weighted by Crippen LogP contribution is -2.44. The van der Waals surface area contributed by atoms with Crippen LogP contribution in [0, 0.1) is 0 Å². The van der Waals surface area contributed by atoms with Crippen molar-refractivity contribution in [3.05, 3.63) is 23.8 Å². The molecular formula is C15H23N3O. The van der Waals surface area contributed by atoms with E-state index in [-0.39, 0.29) is 11.4 Å². The van der Waals surface area contributed by atoms with Gasteiger partial charge in [-0.25, -0.2) is 0 Å². The molecule has 1 aliphatic heterocycles. The summed E-state index contributed by atoms with van der Waals surface area (Å²) in [6.45, 7) is 4.84. The molecule has 0 radical (unpaired) electrons. The summed E-state index contributed by atoms with van der Waals surface area (Å²) in [5.74, 6) is 0.191. The number of nitrogens with zero attached hydrogens (tertiary/aromatic N) is 2. The summed E-state index contributed by atoms with van der Waals surface area (Å²) >= 11 is 0. The molecule has 1 aromatic carbocycles. The molecule has 1 aliphatic rings. The Labute approximate surface area is 115 Å². The molecule has 0 atom stereocenters. The number of likely N-dealkylation sites (N-methyl/N-ethyl adjacent to an activating group) is 1. The zero-order valence-corrected chi connectivity index (χ0v) is 12.2. The van der Waals surface area contributed by atoms with Crippen molar-refractivity contribution in [1.29, 1.82) is 0 Å². The van der Waals surface area contributed by atoms with E-state index in [1.807, 2.05) is 34.0 Å². The molecule has 2 N–H and O–H groups in total. The number of rotatable bonds is 3. The van der Waals surface area contributed by atoms with Crippen molar-refractivity contribution in [2.24, 2.45) is 5.73 Å². The van der Waals surface area contributed by atoms with Crippen molar-refractivity contribution in [1.82, 2.24) is 0 Å². The summed E-state index contributed by atoms with van der Waals surface area (Å²) in [6.07, 6.45) is 1.42. The van der Waals surface area contributed by atoms with E-state index in [1.165, 1.54) is 5.56 Å². The first-order chi connectivity index (χ1) is 8.78. The number of hydrogen-bond donors (Lipinski definition) is 1. The number of benzene rings is 1. The van der Waals surface area contributed by atoms with Crippen LogP contribution < -0.4 is 15.5 Å². The Morgan fingerprint density at radius 2 is 2.05 bits per heavy atom. The molecule has 0 fully saturated rings. The lowest BCUT2D eigenvalue weighted by Gasteiger charge is -2.31. The summed E-state index contributed by atoms with van der Waals surface area (Å²) in [6, 6.07) is 6.26. The molecule has 1 aromatic rings. The van der Waals surface area contributed by atoms with Crippen molar-refractivity contribution >= 4 is 17.3 Å². The molecule has 19 heavy (non-hydrogen) atoms. The number of nitrogens with two attached hydrogens (primary N) is 1. The molecule has 104 valence electrons. The van der Waals surface area contributed by atoms with E-state index >= 15 is 0 Å². The van der Waals surface area contributed by atoms with Crippen molar-refractivity contribution < 1.29 is 4.79 Å². The van der Waals surface area contributed by atoms with E-state index in [2.05, 4.69) is 17.0 Å². The Balaban J connectivity index is 2.24. The molecule has 0 aromatic heterocycles. The van der Waals surface area contributed by atoms with E-state index < -0.39 is 0 Å². The van der Waals surface area contributed by atoms with Gasteiger partial charge in [-0.15, -0.1) is 0 Å². The number of amides is 1. The Kier molecular flexibility index (Phi) is 3.54. The minimum absolute atomic E-state index is 0.191. The van der Waals surface area contributed by atoms with Crippen LogP contribution in [0.5, 0.6) is 0 Å². The largest absolute Gasteiger partial charge is 0.373 e. The molecule has 2 rings (SSSR count). The number of hydrogen-bond acceptors (Lipinski definition) is 3. The molecule has 0 spiro atoms. The minimum atomic E-state index is -0.225. The quantitative estimate of drug-likeness (QED) is 0.902. The maximum atomic E-state index is 11.7. The van der Waals surface area contributed by atoms with Crippen molar-refractivity contribution in [2.45, 2.75) is 32.2 Å². The standard InChI is InChI=1S/C15H23N3O/c1-15(2,16)10-17(3)12-6-7-13-11(9-12)5-8-14(19)18(13)4/h6-7,9H,5,8,10,16H2,1-4H3. The molecule has 4 heteroatoms. The topological polar surface area (TPSA) is 49.6 Å². The van der Waals surface area contributed by atoms with Gasteiger partial charge in [-0.3, -0.25) is 4.79 Å². The molecule has 1 amide bonds. The van der Waals surface area contributed by atoms with Crippen LogP contribution in [0.15, 0.2) is 18.2 Å². The van der Waals surface area contributed by atoms with Crippen LogP contribution in [0.4, 0.5) is 11.4 Å². The van der Waals surface area contributed by atoms with Crippen molar-refractivity contribution in [2.75, 3.05) is 30.4 Å². The van der Waals surface area contributed by atoms with E-state index in [9.17, 15) is 4.79 Å². The van der Waals surface area contributed by atoms with Gasteiger partial charge in [0, 0.05) is 44.0 Å². The number of carbonyl (C=O) groups is 1. The third kappa shape index (κ3) is 3.07. The van der Waals surface area contributed by atoms with Crippen LogP contribution in [-0.4, -0.2) is 32.1 Å². The highest BCUT2D eigenvalue weighted by molar-refractivity contribution is 5.96. The second-order valence-corrected chi connectivity index (χ2v) is 6.11. The molecule has 0 saturated carbocycles. The SMILES string of the molecule is CN(CC(C)(C)N)c1ccc2c(c1)CCC(=O)N2C. The lowest BCUT2D eigenvalue weighted by atomic mass is 10.00. The first kappa shape index (κ1) is 13.9. The minimum Gasteiger partial charge on any atom is -0.373 e. The fourth-order valence-electron chi connectivity index (χ4n) is 2.58. The van der Waals surface area contributed by atoms with Gasteiger partial charge in [0.15, 0.2) is 0 Å². The van der Waals surface area contributed by atoms with Gasteiger partial charge in [-0.1, -0.05) is 0 Å². The average molecular weight is 261 g/mol. The molecule has 0 bridgehead atoms. The Morgan fingerprint density at radius 3 is 2.68 bits per heavy atom. The molecule has 0 unspecified atom stereocenters. The molecule has 0 aliphatic carbocycles. The van der Waals surface area contributed by atoms with Gasteiger partial charge in [-0.2, -0.15) is 0 Å². The van der Waals surface area contributed by atoms with Crippen LogP contribution in [-0.2, 0) is 11.2 Å². The van der Waals surface area contributed by atoms with Crippen LogP contribution in [0.25, 0.3) is 0 Å². The van der Waals surface area contributed by atoms with Gasteiger partial charge < -0.3 is 15.5 Å². The predicted molar refractivity (Wildman–Crippen MR) is 79.7 cm³/mol. The smallest absolute Gasteiger partial charge is 0.227 e. The number of anilines is 2. The second kappa shape index (κ2) is 4.85. The Hall–Kier alpha value is -1.55. The summed E-state index contributed by atoms with van der Waals surface area (Å²) in [7, 11) is 3.89. The van der Waals surface area contributed by atoms with E-state index in [4.69, 9.17) is 5.73 Å². The zero-order chi connectivity index (χ0) is 14.2. The van der Waals surface area contributed by atoms with Gasteiger partial charge in [0.25, 0.3) is 0 Å². The highest BCUT2D eigenvalue weighted by Gasteiger charge is 2.22. The number of carbonyl (C=O) groups excluding carboxylic acids is 1. The predicted octanol–water partition coefficient (Wildman–Crippen LogP) is 1.77. The highest BCUT2D eigenvalue weighted by atomic mass is 16.2. The first-order valence-corrected chi connectivity index (χ1v) is 6.67.